The van der Waals surface area contributed by atoms with E-state index in [0.717, 1.165) is 25.7 Å². The van der Waals surface area contributed by atoms with E-state index in [1.165, 1.54) is 0 Å². The lowest BCUT2D eigenvalue weighted by atomic mass is 9.36. The quantitative estimate of drug-likeness (QED) is 0.520. The van der Waals surface area contributed by atoms with Gasteiger partial charge in [-0.15, -0.1) is 0 Å². The summed E-state index contributed by atoms with van der Waals surface area (Å²) in [4.78, 5) is 0. The summed E-state index contributed by atoms with van der Waals surface area (Å²) in [5.74, 6) is 0. The predicted octanol–water partition coefficient (Wildman–Crippen LogP) is -0.357. The molecule has 0 amide bonds. The third-order valence-electron chi connectivity index (χ3n) is 6.00. The number of fused-ring (bicyclic) bond motifs is 1. The highest BCUT2D eigenvalue weighted by Crippen LogP contribution is 2.81. The molecule has 0 unspecified atom stereocenters. The number of aliphatic hydroxyl groups is 4. The first-order chi connectivity index (χ1) is 7.61. The van der Waals surface area contributed by atoms with Gasteiger partial charge in [0.05, 0.1) is 25.4 Å². The Labute approximate surface area is 94.9 Å². The molecule has 4 aliphatic rings. The van der Waals surface area contributed by atoms with Gasteiger partial charge in [-0.3, -0.25) is 0 Å². The van der Waals surface area contributed by atoms with Crippen molar-refractivity contribution >= 4 is 0 Å². The van der Waals surface area contributed by atoms with Crippen molar-refractivity contribution in [1.82, 2.24) is 0 Å². The molecule has 5 atom stereocenters. The second-order valence-electron chi connectivity index (χ2n) is 5.92. The van der Waals surface area contributed by atoms with Crippen LogP contribution in [-0.4, -0.2) is 45.8 Å². The molecule has 16 heavy (non-hydrogen) atoms. The molecule has 1 spiro atoms. The fraction of sp³-hybridized carbons (Fsp3) is 1.00. The van der Waals surface area contributed by atoms with E-state index in [1.807, 2.05) is 0 Å². The van der Waals surface area contributed by atoms with Gasteiger partial charge in [-0.05, 0) is 19.3 Å². The number of hydrogen-bond acceptors (Lipinski definition) is 4. The van der Waals surface area contributed by atoms with Gasteiger partial charge in [-0.2, -0.15) is 0 Å². The summed E-state index contributed by atoms with van der Waals surface area (Å²) >= 11 is 0. The molecule has 4 N–H and O–H groups in total. The number of aliphatic hydroxyl groups excluding tert-OH is 4. The molecule has 0 radical (unpaired) electrons. The maximum absolute atomic E-state index is 10.3. The Hall–Kier alpha value is -0.160. The topological polar surface area (TPSA) is 80.9 Å². The standard InChI is InChI=1S/C12H20O4/c13-6-10-5-8(15)12(9(10)16)4-2-1-3-11(10,12)7-14/h8-9,13-16H,1-7H2/t8-,9+,10-,11+,12-/m0/s1. The van der Waals surface area contributed by atoms with E-state index in [9.17, 15) is 20.4 Å². The molecule has 4 nitrogen and oxygen atoms in total. The van der Waals surface area contributed by atoms with Gasteiger partial charge in [-0.1, -0.05) is 12.8 Å². The molecule has 0 aliphatic heterocycles. The Morgan fingerprint density at radius 1 is 1.00 bits per heavy atom. The van der Waals surface area contributed by atoms with E-state index >= 15 is 0 Å². The van der Waals surface area contributed by atoms with Gasteiger partial charge in [0.25, 0.3) is 0 Å². The predicted molar refractivity (Wildman–Crippen MR) is 56.6 cm³/mol. The Bertz CT molecular complexity index is 320. The monoisotopic (exact) mass is 228 g/mol. The molecule has 4 aliphatic carbocycles. The Kier molecular flexibility index (Phi) is 2.05. The van der Waals surface area contributed by atoms with Crippen LogP contribution in [0.1, 0.15) is 32.1 Å². The van der Waals surface area contributed by atoms with Crippen molar-refractivity contribution in [2.24, 2.45) is 16.2 Å². The van der Waals surface area contributed by atoms with Crippen LogP contribution in [0.15, 0.2) is 0 Å². The van der Waals surface area contributed by atoms with Crippen molar-refractivity contribution in [1.29, 1.82) is 0 Å². The van der Waals surface area contributed by atoms with Gasteiger partial charge in [0.15, 0.2) is 0 Å². The van der Waals surface area contributed by atoms with Gasteiger partial charge in [0.1, 0.15) is 0 Å². The molecule has 92 valence electrons. The average molecular weight is 228 g/mol. The van der Waals surface area contributed by atoms with Crippen LogP contribution in [0.25, 0.3) is 0 Å². The SMILES string of the molecule is OC[C@]12C[C@H](O)[C@@]3(CCCC[C@@]13CO)[C@@H]2O. The van der Waals surface area contributed by atoms with Crippen LogP contribution in [-0.2, 0) is 0 Å². The maximum Gasteiger partial charge on any atom is 0.0713 e. The average Bonchev–Trinajstić information content (AvgIpc) is 2.69. The summed E-state index contributed by atoms with van der Waals surface area (Å²) in [6, 6.07) is 0. The smallest absolute Gasteiger partial charge is 0.0713 e. The fourth-order valence-corrected chi connectivity index (χ4v) is 5.29. The van der Waals surface area contributed by atoms with Crippen molar-refractivity contribution in [2.75, 3.05) is 13.2 Å². The highest BCUT2D eigenvalue weighted by atomic mass is 16.3. The third kappa shape index (κ3) is 0.732. The van der Waals surface area contributed by atoms with Crippen molar-refractivity contribution in [3.63, 3.8) is 0 Å². The van der Waals surface area contributed by atoms with Crippen LogP contribution >= 0.6 is 0 Å². The number of rotatable bonds is 2. The second kappa shape index (κ2) is 2.99. The molecule has 0 aromatic rings. The summed E-state index contributed by atoms with van der Waals surface area (Å²) in [7, 11) is 0. The first-order valence-electron chi connectivity index (χ1n) is 6.19. The van der Waals surface area contributed by atoms with E-state index < -0.39 is 28.5 Å². The normalized spacial score (nSPS) is 59.2. The molecule has 4 fully saturated rings. The first-order valence-corrected chi connectivity index (χ1v) is 6.19. The van der Waals surface area contributed by atoms with Crippen LogP contribution < -0.4 is 0 Å². The van der Waals surface area contributed by atoms with Gasteiger partial charge in [0, 0.05) is 16.2 Å². The van der Waals surface area contributed by atoms with Gasteiger partial charge < -0.3 is 20.4 Å². The first kappa shape index (κ1) is 11.0. The maximum atomic E-state index is 10.3. The van der Waals surface area contributed by atoms with Crippen LogP contribution in [0.3, 0.4) is 0 Å². The lowest BCUT2D eigenvalue weighted by molar-refractivity contribution is -0.313. The van der Waals surface area contributed by atoms with Crippen molar-refractivity contribution in [3.8, 4) is 0 Å². The molecule has 4 saturated carbocycles. The highest BCUT2D eigenvalue weighted by molar-refractivity contribution is 5.33. The summed E-state index contributed by atoms with van der Waals surface area (Å²) in [6.07, 6.45) is 2.83. The molecule has 2 bridgehead atoms. The largest absolute Gasteiger partial charge is 0.396 e. The van der Waals surface area contributed by atoms with E-state index in [4.69, 9.17) is 0 Å². The molecule has 0 aromatic heterocycles. The Morgan fingerprint density at radius 3 is 2.31 bits per heavy atom. The lowest BCUT2D eigenvalue weighted by Gasteiger charge is -2.69. The minimum Gasteiger partial charge on any atom is -0.396 e. The molecular formula is C12H20O4. The molecule has 0 heterocycles. The van der Waals surface area contributed by atoms with Crippen LogP contribution in [0.5, 0.6) is 0 Å². The molecular weight excluding hydrogens is 208 g/mol. The molecule has 4 heteroatoms. The Morgan fingerprint density at radius 2 is 1.69 bits per heavy atom. The van der Waals surface area contributed by atoms with E-state index in [-0.39, 0.29) is 13.2 Å². The minimum atomic E-state index is -0.651. The molecule has 0 aromatic carbocycles. The third-order valence-corrected chi connectivity index (χ3v) is 6.00. The molecule has 0 saturated heterocycles. The Balaban J connectivity index is 2.12. The summed E-state index contributed by atoms with van der Waals surface area (Å²) in [5.41, 5.74) is -1.63. The summed E-state index contributed by atoms with van der Waals surface area (Å²) in [6.45, 7) is -0.158. The minimum absolute atomic E-state index is 0.0261. The van der Waals surface area contributed by atoms with E-state index in [2.05, 4.69) is 0 Å². The summed E-state index contributed by atoms with van der Waals surface area (Å²) < 4.78 is 0. The van der Waals surface area contributed by atoms with Crippen LogP contribution in [0.2, 0.25) is 0 Å². The zero-order valence-electron chi connectivity index (χ0n) is 9.39. The number of hydrogen-bond donors (Lipinski definition) is 4. The summed E-state index contributed by atoms with van der Waals surface area (Å²) in [5, 5.41) is 39.9. The van der Waals surface area contributed by atoms with E-state index in [1.54, 1.807) is 0 Å². The second-order valence-corrected chi connectivity index (χ2v) is 5.92. The van der Waals surface area contributed by atoms with Crippen molar-refractivity contribution in [3.05, 3.63) is 0 Å². The van der Waals surface area contributed by atoms with Crippen molar-refractivity contribution in [2.45, 2.75) is 44.3 Å². The lowest BCUT2D eigenvalue weighted by Crippen LogP contribution is -2.75. The van der Waals surface area contributed by atoms with Gasteiger partial charge in [-0.25, -0.2) is 0 Å². The van der Waals surface area contributed by atoms with Crippen LogP contribution in [0.4, 0.5) is 0 Å². The van der Waals surface area contributed by atoms with E-state index in [0.29, 0.717) is 6.42 Å². The van der Waals surface area contributed by atoms with Gasteiger partial charge in [0.2, 0.25) is 0 Å². The van der Waals surface area contributed by atoms with Crippen molar-refractivity contribution < 1.29 is 20.4 Å². The van der Waals surface area contributed by atoms with Crippen LogP contribution in [0, 0.1) is 16.2 Å². The fourth-order valence-electron chi connectivity index (χ4n) is 5.29. The molecule has 4 rings (SSSR count). The zero-order valence-corrected chi connectivity index (χ0v) is 9.39. The zero-order chi connectivity index (χ0) is 11.6. The highest BCUT2D eigenvalue weighted by Gasteiger charge is 2.86. The van der Waals surface area contributed by atoms with Gasteiger partial charge >= 0.3 is 0 Å².